The van der Waals surface area contributed by atoms with E-state index in [1.54, 1.807) is 0 Å². The monoisotopic (exact) mass is 339 g/mol. The summed E-state index contributed by atoms with van der Waals surface area (Å²) in [5.41, 5.74) is -0.961. The molecule has 1 N–H and O–H groups in total. The first-order valence-electron chi connectivity index (χ1n) is 6.00. The van der Waals surface area contributed by atoms with Crippen molar-refractivity contribution in [1.29, 1.82) is 0 Å². The highest BCUT2D eigenvalue weighted by atomic mass is 35.7. The van der Waals surface area contributed by atoms with Crippen molar-refractivity contribution in [1.82, 2.24) is 5.32 Å². The first-order chi connectivity index (χ1) is 9.74. The van der Waals surface area contributed by atoms with Crippen LogP contribution in [0.3, 0.4) is 0 Å². The molecule has 1 aromatic carbocycles. The zero-order valence-corrected chi connectivity index (χ0v) is 12.5. The second-order valence-corrected chi connectivity index (χ2v) is 7.21. The van der Waals surface area contributed by atoms with Crippen LogP contribution < -0.4 is 5.32 Å². The summed E-state index contributed by atoms with van der Waals surface area (Å²) in [5.74, 6) is -3.67. The zero-order chi connectivity index (χ0) is 15.8. The smallest absolute Gasteiger partial charge is 0.264 e. The lowest BCUT2D eigenvalue weighted by Gasteiger charge is -2.34. The Balaban J connectivity index is 2.25. The van der Waals surface area contributed by atoms with Crippen molar-refractivity contribution >= 4 is 25.6 Å². The summed E-state index contributed by atoms with van der Waals surface area (Å²) >= 11 is 0. The fourth-order valence-electron chi connectivity index (χ4n) is 2.06. The molecule has 1 amide bonds. The fourth-order valence-corrected chi connectivity index (χ4v) is 2.97. The summed E-state index contributed by atoms with van der Waals surface area (Å²) < 4.78 is 55.0. The first kappa shape index (κ1) is 16.1. The molecule has 0 aliphatic heterocycles. The second-order valence-electron chi connectivity index (χ2n) is 4.67. The van der Waals surface area contributed by atoms with Crippen molar-refractivity contribution in [2.24, 2.45) is 0 Å². The van der Waals surface area contributed by atoms with Gasteiger partial charge in [-0.05, 0) is 25.0 Å². The number of amides is 1. The molecule has 1 saturated carbocycles. The maximum Gasteiger partial charge on any atom is 0.264 e. The molecule has 1 fully saturated rings. The van der Waals surface area contributed by atoms with Crippen LogP contribution in [-0.4, -0.2) is 33.6 Å². The van der Waals surface area contributed by atoms with Gasteiger partial charge in [0, 0.05) is 23.8 Å². The molecule has 1 aliphatic carbocycles. The van der Waals surface area contributed by atoms with Crippen molar-refractivity contribution in [3.63, 3.8) is 0 Å². The third kappa shape index (κ3) is 3.33. The summed E-state index contributed by atoms with van der Waals surface area (Å²) in [6.45, 7) is 0. The lowest BCUT2D eigenvalue weighted by atomic mass is 9.89. The van der Waals surface area contributed by atoms with E-state index in [2.05, 4.69) is 5.32 Å². The van der Waals surface area contributed by atoms with Gasteiger partial charge < -0.3 is 10.1 Å². The normalized spacial score (nSPS) is 21.7. The first-order valence-corrected chi connectivity index (χ1v) is 8.31. The summed E-state index contributed by atoms with van der Waals surface area (Å²) in [6, 6.07) is 1.09. The molecule has 1 aromatic rings. The van der Waals surface area contributed by atoms with Gasteiger partial charge in [-0.15, -0.1) is 0 Å². The summed E-state index contributed by atoms with van der Waals surface area (Å²) in [4.78, 5) is 11.0. The highest BCUT2D eigenvalue weighted by molar-refractivity contribution is 8.13. The Kier molecular flexibility index (Phi) is 4.50. The van der Waals surface area contributed by atoms with Gasteiger partial charge in [0.05, 0.1) is 6.10 Å². The van der Waals surface area contributed by atoms with Gasteiger partial charge in [0.15, 0.2) is 5.82 Å². The van der Waals surface area contributed by atoms with Crippen molar-refractivity contribution in [2.75, 3.05) is 7.11 Å². The van der Waals surface area contributed by atoms with E-state index in [1.807, 2.05) is 0 Å². The topological polar surface area (TPSA) is 72.5 Å². The minimum atomic E-state index is -4.41. The van der Waals surface area contributed by atoms with Crippen LogP contribution in [0.25, 0.3) is 0 Å². The van der Waals surface area contributed by atoms with E-state index in [0.717, 1.165) is 0 Å². The van der Waals surface area contributed by atoms with Crippen LogP contribution in [0.1, 0.15) is 23.2 Å². The number of nitrogens with one attached hydrogen (secondary N) is 1. The molecule has 2 rings (SSSR count). The zero-order valence-electron chi connectivity index (χ0n) is 10.9. The third-order valence-corrected chi connectivity index (χ3v) is 4.65. The summed E-state index contributed by atoms with van der Waals surface area (Å²) in [6.07, 6.45) is 1.05. The van der Waals surface area contributed by atoms with Gasteiger partial charge >= 0.3 is 0 Å². The van der Waals surface area contributed by atoms with Gasteiger partial charge in [0.1, 0.15) is 16.3 Å². The number of halogens is 3. The van der Waals surface area contributed by atoms with E-state index < -0.39 is 37.1 Å². The number of rotatable bonds is 4. The Morgan fingerprint density at radius 1 is 1.38 bits per heavy atom. The minimum Gasteiger partial charge on any atom is -0.381 e. The van der Waals surface area contributed by atoms with Crippen LogP contribution in [0.2, 0.25) is 0 Å². The summed E-state index contributed by atoms with van der Waals surface area (Å²) in [7, 11) is 2.15. The lowest BCUT2D eigenvalue weighted by molar-refractivity contribution is 0.0175. The number of methoxy groups -OCH3 is 1. The molecule has 0 unspecified atom stereocenters. The molecular formula is C12H12ClF2NO4S. The molecule has 21 heavy (non-hydrogen) atoms. The van der Waals surface area contributed by atoms with Gasteiger partial charge in [-0.1, -0.05) is 0 Å². The fraction of sp³-hybridized carbons (Fsp3) is 0.417. The Morgan fingerprint density at radius 3 is 2.52 bits per heavy atom. The van der Waals surface area contributed by atoms with E-state index in [-0.39, 0.29) is 12.1 Å². The van der Waals surface area contributed by atoms with E-state index in [9.17, 15) is 22.0 Å². The Morgan fingerprint density at radius 2 is 2.00 bits per heavy atom. The highest BCUT2D eigenvalue weighted by Gasteiger charge is 2.33. The number of hydrogen-bond donors (Lipinski definition) is 1. The van der Waals surface area contributed by atoms with Crippen molar-refractivity contribution in [3.05, 3.63) is 29.3 Å². The standard InChI is InChI=1S/C12H12ClF2NO4S/c1-20-7-4-6(5-7)16-12(17)10-8(14)2-3-9(11(10)15)21(13,18)19/h2-3,6-7H,4-5H2,1H3,(H,16,17). The molecule has 1 aliphatic rings. The molecule has 0 saturated heterocycles. The number of ether oxygens (including phenoxy) is 1. The average molecular weight is 340 g/mol. The predicted octanol–water partition coefficient (Wildman–Crippen LogP) is 1.80. The van der Waals surface area contributed by atoms with Crippen LogP contribution in [0.5, 0.6) is 0 Å². The molecule has 0 bridgehead atoms. The predicted molar refractivity (Wildman–Crippen MR) is 70.7 cm³/mol. The number of hydrogen-bond acceptors (Lipinski definition) is 4. The largest absolute Gasteiger partial charge is 0.381 e. The maximum absolute atomic E-state index is 14.0. The van der Waals surface area contributed by atoms with Crippen LogP contribution >= 0.6 is 10.7 Å². The van der Waals surface area contributed by atoms with Gasteiger partial charge in [0.25, 0.3) is 15.0 Å². The molecular weight excluding hydrogens is 328 g/mol. The van der Waals surface area contributed by atoms with Crippen molar-refractivity contribution in [3.8, 4) is 0 Å². The van der Waals surface area contributed by atoms with E-state index in [1.165, 1.54) is 7.11 Å². The van der Waals surface area contributed by atoms with Gasteiger partial charge in [-0.25, -0.2) is 17.2 Å². The molecule has 0 radical (unpaired) electrons. The van der Waals surface area contributed by atoms with E-state index in [0.29, 0.717) is 25.0 Å². The van der Waals surface area contributed by atoms with Crippen molar-refractivity contribution in [2.45, 2.75) is 29.9 Å². The highest BCUT2D eigenvalue weighted by Crippen LogP contribution is 2.26. The minimum absolute atomic E-state index is 0.000419. The quantitative estimate of drug-likeness (QED) is 0.849. The van der Waals surface area contributed by atoms with Gasteiger partial charge in [-0.3, -0.25) is 4.79 Å². The number of carbonyl (C=O) groups excluding carboxylic acids is 1. The van der Waals surface area contributed by atoms with Crippen LogP contribution in [0.4, 0.5) is 8.78 Å². The average Bonchev–Trinajstić information content (AvgIpc) is 2.31. The Bertz CT molecular complexity index is 674. The van der Waals surface area contributed by atoms with Crippen LogP contribution in [-0.2, 0) is 13.8 Å². The molecule has 0 heterocycles. The molecule has 9 heteroatoms. The Labute approximate surface area is 124 Å². The third-order valence-electron chi connectivity index (χ3n) is 3.31. The second kappa shape index (κ2) is 5.86. The van der Waals surface area contributed by atoms with Gasteiger partial charge in [0.2, 0.25) is 0 Å². The summed E-state index contributed by atoms with van der Waals surface area (Å²) in [5, 5.41) is 2.42. The molecule has 116 valence electrons. The van der Waals surface area contributed by atoms with E-state index in [4.69, 9.17) is 15.4 Å². The molecule has 5 nitrogen and oxygen atoms in total. The maximum atomic E-state index is 14.0. The van der Waals surface area contributed by atoms with Crippen LogP contribution in [0.15, 0.2) is 17.0 Å². The van der Waals surface area contributed by atoms with Crippen LogP contribution in [0, 0.1) is 11.6 Å². The SMILES string of the molecule is COC1CC(NC(=O)c2c(F)ccc(S(=O)(=O)Cl)c2F)C1. The van der Waals surface area contributed by atoms with Gasteiger partial charge in [-0.2, -0.15) is 0 Å². The lowest BCUT2D eigenvalue weighted by Crippen LogP contribution is -2.47. The molecule has 0 spiro atoms. The van der Waals surface area contributed by atoms with Crippen molar-refractivity contribution < 1.29 is 26.7 Å². The number of carbonyl (C=O) groups is 1. The Hall–Kier alpha value is -1.25. The molecule has 0 aromatic heterocycles. The molecule has 0 atom stereocenters. The number of benzene rings is 1. The van der Waals surface area contributed by atoms with E-state index >= 15 is 0 Å².